The first-order chi connectivity index (χ1) is 4.83. The van der Waals surface area contributed by atoms with Crippen LogP contribution in [0.1, 0.15) is 20.8 Å². The summed E-state index contributed by atoms with van der Waals surface area (Å²) in [5, 5.41) is 0. The lowest BCUT2D eigenvalue weighted by Gasteiger charge is -2.09. The van der Waals surface area contributed by atoms with Crippen LogP contribution in [0, 0.1) is 17.3 Å². The summed E-state index contributed by atoms with van der Waals surface area (Å²) in [7, 11) is -0.611. The molecule has 64 valence electrons. The van der Waals surface area contributed by atoms with Crippen LogP contribution in [-0.4, -0.2) is 13.2 Å². The second kappa shape index (κ2) is 4.32. The van der Waals surface area contributed by atoms with E-state index in [2.05, 4.69) is 61.6 Å². The van der Waals surface area contributed by atoms with Crippen molar-refractivity contribution in [1.29, 1.82) is 0 Å². The van der Waals surface area contributed by atoms with E-state index in [1.54, 1.807) is 0 Å². The minimum Gasteiger partial charge on any atom is -0.0965 e. The molecule has 1 unspecified atom stereocenters. The van der Waals surface area contributed by atoms with Gasteiger partial charge in [-0.2, -0.15) is 0 Å². The molecule has 0 aromatic heterocycles. The Hall–Kier alpha value is 0.257. The standard InChI is InChI=1S/C9H17BrSi/c1-9(2,3)7-6-8(10)11(4)5/h8,11H,1-5H3. The lowest BCUT2D eigenvalue weighted by Crippen LogP contribution is -2.16. The van der Waals surface area contributed by atoms with Crippen LogP contribution in [-0.2, 0) is 0 Å². The number of alkyl halides is 1. The summed E-state index contributed by atoms with van der Waals surface area (Å²) in [5.74, 6) is 6.49. The first-order valence-electron chi connectivity index (χ1n) is 3.99. The average molecular weight is 233 g/mol. The molecule has 0 rings (SSSR count). The van der Waals surface area contributed by atoms with Crippen LogP contribution >= 0.6 is 15.9 Å². The number of hydrogen-bond acceptors (Lipinski definition) is 0. The van der Waals surface area contributed by atoms with Crippen LogP contribution in [0.4, 0.5) is 0 Å². The van der Waals surface area contributed by atoms with Crippen LogP contribution in [0.15, 0.2) is 0 Å². The topological polar surface area (TPSA) is 0 Å². The van der Waals surface area contributed by atoms with Crippen LogP contribution in [0.2, 0.25) is 13.1 Å². The van der Waals surface area contributed by atoms with E-state index in [1.165, 1.54) is 0 Å². The summed E-state index contributed by atoms with van der Waals surface area (Å²) >= 11 is 3.58. The molecule has 0 saturated carbocycles. The minimum atomic E-state index is -0.611. The molecular formula is C9H17BrSi. The van der Waals surface area contributed by atoms with E-state index < -0.39 is 8.80 Å². The molecule has 0 N–H and O–H groups in total. The number of halogens is 1. The summed E-state index contributed by atoms with van der Waals surface area (Å²) < 4.78 is 0.474. The second-order valence-corrected chi connectivity index (χ2v) is 9.28. The van der Waals surface area contributed by atoms with Crippen molar-refractivity contribution < 1.29 is 0 Å². The SMILES string of the molecule is C[SiH](C)C(Br)C#CC(C)(C)C. The highest BCUT2D eigenvalue weighted by molar-refractivity contribution is 9.10. The zero-order valence-electron chi connectivity index (χ0n) is 8.03. The lowest BCUT2D eigenvalue weighted by atomic mass is 9.98. The normalized spacial score (nSPS) is 14.1. The van der Waals surface area contributed by atoms with Gasteiger partial charge in [-0.15, -0.1) is 0 Å². The maximum Gasteiger partial charge on any atom is 0.0634 e. The molecule has 2 heteroatoms. The second-order valence-electron chi connectivity index (χ2n) is 4.17. The summed E-state index contributed by atoms with van der Waals surface area (Å²) in [6.07, 6.45) is 0. The highest BCUT2D eigenvalue weighted by Gasteiger charge is 2.08. The zero-order valence-corrected chi connectivity index (χ0v) is 10.8. The minimum absolute atomic E-state index is 0.148. The Balaban J connectivity index is 4.08. The highest BCUT2D eigenvalue weighted by atomic mass is 79.9. The quantitative estimate of drug-likeness (QED) is 0.371. The molecule has 0 aliphatic heterocycles. The third-order valence-electron chi connectivity index (χ3n) is 1.17. The van der Waals surface area contributed by atoms with E-state index in [4.69, 9.17) is 0 Å². The van der Waals surface area contributed by atoms with Gasteiger partial charge >= 0.3 is 0 Å². The maximum absolute atomic E-state index is 3.58. The molecule has 1 atom stereocenters. The number of hydrogen-bond donors (Lipinski definition) is 0. The van der Waals surface area contributed by atoms with Crippen molar-refractivity contribution in [3.05, 3.63) is 0 Å². The van der Waals surface area contributed by atoms with Crippen LogP contribution < -0.4 is 0 Å². The van der Waals surface area contributed by atoms with Crippen LogP contribution in [0.3, 0.4) is 0 Å². The first-order valence-corrected chi connectivity index (χ1v) is 7.89. The van der Waals surface area contributed by atoms with E-state index in [-0.39, 0.29) is 5.41 Å². The van der Waals surface area contributed by atoms with Crippen molar-refractivity contribution in [3.8, 4) is 11.8 Å². The maximum atomic E-state index is 3.58. The molecule has 0 nitrogen and oxygen atoms in total. The zero-order chi connectivity index (χ0) is 9.07. The van der Waals surface area contributed by atoms with Crippen LogP contribution in [0.5, 0.6) is 0 Å². The summed E-state index contributed by atoms with van der Waals surface area (Å²) in [5.41, 5.74) is 0.148. The molecule has 0 bridgehead atoms. The molecule has 0 spiro atoms. The predicted octanol–water partition coefficient (Wildman–Crippen LogP) is 2.83. The summed E-state index contributed by atoms with van der Waals surface area (Å²) in [6.45, 7) is 11.0. The Bertz CT molecular complexity index is 168. The van der Waals surface area contributed by atoms with Gasteiger partial charge in [0.25, 0.3) is 0 Å². The van der Waals surface area contributed by atoms with Crippen molar-refractivity contribution in [2.24, 2.45) is 5.41 Å². The summed E-state index contributed by atoms with van der Waals surface area (Å²) in [6, 6.07) is 0. The molecular weight excluding hydrogens is 216 g/mol. The van der Waals surface area contributed by atoms with E-state index in [0.717, 1.165) is 0 Å². The number of rotatable bonds is 1. The average Bonchev–Trinajstić information content (AvgIpc) is 1.80. The van der Waals surface area contributed by atoms with Gasteiger partial charge in [-0.3, -0.25) is 0 Å². The highest BCUT2D eigenvalue weighted by Crippen LogP contribution is 2.11. The Morgan fingerprint density at radius 2 is 1.73 bits per heavy atom. The molecule has 0 radical (unpaired) electrons. The van der Waals surface area contributed by atoms with Gasteiger partial charge in [-0.25, -0.2) is 0 Å². The molecule has 0 aliphatic rings. The van der Waals surface area contributed by atoms with E-state index >= 15 is 0 Å². The lowest BCUT2D eigenvalue weighted by molar-refractivity contribution is 0.570. The molecule has 0 fully saturated rings. The van der Waals surface area contributed by atoms with E-state index in [9.17, 15) is 0 Å². The third kappa shape index (κ3) is 6.65. The van der Waals surface area contributed by atoms with Crippen molar-refractivity contribution >= 4 is 24.7 Å². The van der Waals surface area contributed by atoms with Crippen LogP contribution in [0.25, 0.3) is 0 Å². The Labute approximate surface area is 80.5 Å². The largest absolute Gasteiger partial charge is 0.0965 e. The smallest absolute Gasteiger partial charge is 0.0634 e. The fourth-order valence-electron chi connectivity index (χ4n) is 0.452. The van der Waals surface area contributed by atoms with Gasteiger partial charge in [0.2, 0.25) is 0 Å². The third-order valence-corrected chi connectivity index (χ3v) is 5.91. The summed E-state index contributed by atoms with van der Waals surface area (Å²) in [4.78, 5) is 0. The van der Waals surface area contributed by atoms with Crippen molar-refractivity contribution in [2.75, 3.05) is 0 Å². The molecule has 0 amide bonds. The van der Waals surface area contributed by atoms with Crippen molar-refractivity contribution in [3.63, 3.8) is 0 Å². The van der Waals surface area contributed by atoms with Gasteiger partial charge in [0, 0.05) is 5.41 Å². The van der Waals surface area contributed by atoms with E-state index in [1.807, 2.05) is 0 Å². The van der Waals surface area contributed by atoms with Gasteiger partial charge in [-0.1, -0.05) is 40.9 Å². The Morgan fingerprint density at radius 3 is 2.00 bits per heavy atom. The van der Waals surface area contributed by atoms with Gasteiger partial charge in [0.15, 0.2) is 0 Å². The fraction of sp³-hybridized carbons (Fsp3) is 0.778. The van der Waals surface area contributed by atoms with Gasteiger partial charge in [-0.05, 0) is 20.8 Å². The molecule has 11 heavy (non-hydrogen) atoms. The molecule has 0 saturated heterocycles. The molecule has 0 heterocycles. The van der Waals surface area contributed by atoms with Crippen molar-refractivity contribution in [1.82, 2.24) is 0 Å². The molecule has 0 aromatic carbocycles. The van der Waals surface area contributed by atoms with Gasteiger partial charge in [0.05, 0.1) is 13.2 Å². The monoisotopic (exact) mass is 232 g/mol. The molecule has 0 aliphatic carbocycles. The van der Waals surface area contributed by atoms with E-state index in [0.29, 0.717) is 4.45 Å². The Kier molecular flexibility index (Phi) is 4.43. The Morgan fingerprint density at radius 1 is 1.27 bits per heavy atom. The van der Waals surface area contributed by atoms with Gasteiger partial charge < -0.3 is 0 Å². The van der Waals surface area contributed by atoms with Gasteiger partial charge in [0.1, 0.15) is 0 Å². The first kappa shape index (κ1) is 11.3. The van der Waals surface area contributed by atoms with Crippen molar-refractivity contribution in [2.45, 2.75) is 38.3 Å². The molecule has 0 aromatic rings. The predicted molar refractivity (Wildman–Crippen MR) is 58.8 cm³/mol. The fourth-order valence-corrected chi connectivity index (χ4v) is 0.983.